The summed E-state index contributed by atoms with van der Waals surface area (Å²) in [6.45, 7) is 1.25. The molecular formula is C20H30N2O6S. The SMILES string of the molecule is COc1ccccc1S(=O)(=O)N[C@@H]1CC[C@H](CC(=O)N2CCCCC2)O[C@@H]1CO. The van der Waals surface area contributed by atoms with E-state index in [2.05, 4.69) is 4.72 Å². The number of aliphatic hydroxyl groups excluding tert-OH is 1. The molecule has 1 amide bonds. The Morgan fingerprint density at radius 3 is 2.66 bits per heavy atom. The zero-order chi connectivity index (χ0) is 20.9. The van der Waals surface area contributed by atoms with Crippen LogP contribution in [-0.4, -0.2) is 69.4 Å². The van der Waals surface area contributed by atoms with Gasteiger partial charge in [0.25, 0.3) is 0 Å². The Bertz CT molecular complexity index is 794. The van der Waals surface area contributed by atoms with Crippen LogP contribution in [0.5, 0.6) is 5.75 Å². The van der Waals surface area contributed by atoms with Crippen molar-refractivity contribution in [1.82, 2.24) is 9.62 Å². The number of carbonyl (C=O) groups excluding carboxylic acids is 1. The van der Waals surface area contributed by atoms with Crippen molar-refractivity contribution in [2.75, 3.05) is 26.8 Å². The van der Waals surface area contributed by atoms with Gasteiger partial charge in [0, 0.05) is 13.1 Å². The van der Waals surface area contributed by atoms with Crippen LogP contribution < -0.4 is 9.46 Å². The predicted octanol–water partition coefficient (Wildman–Crippen LogP) is 1.28. The lowest BCUT2D eigenvalue weighted by Crippen LogP contribution is -2.51. The molecular weight excluding hydrogens is 396 g/mol. The molecule has 1 aromatic carbocycles. The number of ether oxygens (including phenoxy) is 2. The van der Waals surface area contributed by atoms with Crippen LogP contribution in [0.3, 0.4) is 0 Å². The van der Waals surface area contributed by atoms with E-state index in [4.69, 9.17) is 9.47 Å². The van der Waals surface area contributed by atoms with Crippen molar-refractivity contribution < 1.29 is 27.8 Å². The van der Waals surface area contributed by atoms with Gasteiger partial charge in [-0.2, -0.15) is 0 Å². The number of sulfonamides is 1. The first-order valence-corrected chi connectivity index (χ1v) is 11.6. The predicted molar refractivity (Wildman–Crippen MR) is 107 cm³/mol. The lowest BCUT2D eigenvalue weighted by atomic mass is 9.97. The van der Waals surface area contributed by atoms with Gasteiger partial charge in [-0.3, -0.25) is 4.79 Å². The lowest BCUT2D eigenvalue weighted by molar-refractivity contribution is -0.140. The van der Waals surface area contributed by atoms with Crippen LogP contribution in [0.4, 0.5) is 0 Å². The molecule has 0 spiro atoms. The molecule has 162 valence electrons. The number of nitrogens with zero attached hydrogens (tertiary/aromatic N) is 1. The molecule has 3 rings (SSSR count). The van der Waals surface area contributed by atoms with Crippen molar-refractivity contribution in [2.24, 2.45) is 0 Å². The lowest BCUT2D eigenvalue weighted by Gasteiger charge is -2.37. The van der Waals surface area contributed by atoms with Crippen molar-refractivity contribution in [3.05, 3.63) is 24.3 Å². The summed E-state index contributed by atoms with van der Waals surface area (Å²) in [5.41, 5.74) is 0. The topological polar surface area (TPSA) is 105 Å². The number of methoxy groups -OCH3 is 1. The third kappa shape index (κ3) is 5.48. The number of rotatable bonds is 7. The van der Waals surface area contributed by atoms with Crippen LogP contribution in [0, 0.1) is 0 Å². The van der Waals surface area contributed by atoms with Gasteiger partial charge in [0.1, 0.15) is 10.6 Å². The summed E-state index contributed by atoms with van der Waals surface area (Å²) in [5, 5.41) is 9.75. The van der Waals surface area contributed by atoms with E-state index in [9.17, 15) is 18.3 Å². The van der Waals surface area contributed by atoms with Gasteiger partial charge in [-0.25, -0.2) is 13.1 Å². The molecule has 2 heterocycles. The molecule has 0 aromatic heterocycles. The van der Waals surface area contributed by atoms with Crippen molar-refractivity contribution in [3.63, 3.8) is 0 Å². The molecule has 1 aromatic rings. The molecule has 2 saturated heterocycles. The minimum absolute atomic E-state index is 0.0431. The van der Waals surface area contributed by atoms with Crippen LogP contribution in [0.25, 0.3) is 0 Å². The third-order valence-corrected chi connectivity index (χ3v) is 7.10. The van der Waals surface area contributed by atoms with Gasteiger partial charge in [-0.05, 0) is 44.2 Å². The molecule has 3 atom stereocenters. The quantitative estimate of drug-likeness (QED) is 0.681. The highest BCUT2D eigenvalue weighted by Gasteiger charge is 2.36. The number of carbonyl (C=O) groups is 1. The van der Waals surface area contributed by atoms with Crippen molar-refractivity contribution in [3.8, 4) is 5.75 Å². The summed E-state index contributed by atoms with van der Waals surface area (Å²) < 4.78 is 39.3. The molecule has 8 nitrogen and oxygen atoms in total. The van der Waals surface area contributed by atoms with Gasteiger partial charge in [-0.1, -0.05) is 12.1 Å². The Labute approximate surface area is 172 Å². The highest BCUT2D eigenvalue weighted by molar-refractivity contribution is 7.89. The number of amides is 1. The normalized spacial score (nSPS) is 25.6. The molecule has 0 saturated carbocycles. The van der Waals surface area contributed by atoms with E-state index >= 15 is 0 Å². The monoisotopic (exact) mass is 426 g/mol. The Morgan fingerprint density at radius 1 is 1.24 bits per heavy atom. The highest BCUT2D eigenvalue weighted by atomic mass is 32.2. The van der Waals surface area contributed by atoms with Crippen LogP contribution in [0.2, 0.25) is 0 Å². The highest BCUT2D eigenvalue weighted by Crippen LogP contribution is 2.27. The maximum absolute atomic E-state index is 12.8. The van der Waals surface area contributed by atoms with Gasteiger partial charge in [0.05, 0.1) is 38.4 Å². The standard InChI is InChI=1S/C20H30N2O6S/c1-27-17-7-3-4-8-19(17)29(25,26)21-16-10-9-15(28-18(16)14-23)13-20(24)22-11-5-2-6-12-22/h3-4,7-8,15-16,18,21,23H,2,5-6,9-14H2,1H3/t15-,16-,18-/m1/s1. The first-order valence-electron chi connectivity index (χ1n) is 10.1. The molecule has 9 heteroatoms. The van der Waals surface area contributed by atoms with Crippen molar-refractivity contribution in [2.45, 2.75) is 61.7 Å². The average Bonchev–Trinajstić information content (AvgIpc) is 2.75. The first kappa shape index (κ1) is 22.0. The van der Waals surface area contributed by atoms with E-state index < -0.39 is 22.2 Å². The van der Waals surface area contributed by atoms with Gasteiger partial charge < -0.3 is 19.5 Å². The Morgan fingerprint density at radius 2 is 1.97 bits per heavy atom. The smallest absolute Gasteiger partial charge is 0.244 e. The maximum atomic E-state index is 12.8. The van der Waals surface area contributed by atoms with E-state index in [0.29, 0.717) is 12.8 Å². The molecule has 0 unspecified atom stereocenters. The summed E-state index contributed by atoms with van der Waals surface area (Å²) in [6.07, 6.45) is 3.51. The molecule has 0 bridgehead atoms. The fourth-order valence-corrected chi connectivity index (χ4v) is 5.46. The average molecular weight is 427 g/mol. The van der Waals surface area contributed by atoms with E-state index in [0.717, 1.165) is 32.4 Å². The van der Waals surface area contributed by atoms with E-state index in [1.165, 1.54) is 13.2 Å². The summed E-state index contributed by atoms with van der Waals surface area (Å²) >= 11 is 0. The second-order valence-corrected chi connectivity index (χ2v) is 9.26. The number of para-hydroxylation sites is 1. The summed E-state index contributed by atoms with van der Waals surface area (Å²) in [4.78, 5) is 14.4. The number of benzene rings is 1. The molecule has 0 radical (unpaired) electrons. The Balaban J connectivity index is 1.61. The van der Waals surface area contributed by atoms with E-state index in [1.54, 1.807) is 18.2 Å². The summed E-state index contributed by atoms with van der Waals surface area (Å²) in [6, 6.07) is 5.80. The third-order valence-electron chi connectivity index (χ3n) is 5.57. The molecule has 2 N–H and O–H groups in total. The van der Waals surface area contributed by atoms with E-state index in [1.807, 2.05) is 4.90 Å². The van der Waals surface area contributed by atoms with Crippen LogP contribution in [-0.2, 0) is 19.6 Å². The summed E-state index contributed by atoms with van der Waals surface area (Å²) in [7, 11) is -2.43. The van der Waals surface area contributed by atoms with Crippen molar-refractivity contribution in [1.29, 1.82) is 0 Å². The van der Waals surface area contributed by atoms with Gasteiger partial charge in [0.2, 0.25) is 15.9 Å². The minimum atomic E-state index is -3.84. The number of likely N-dealkylation sites (tertiary alicyclic amines) is 1. The zero-order valence-electron chi connectivity index (χ0n) is 16.7. The largest absolute Gasteiger partial charge is 0.495 e. The second kappa shape index (κ2) is 9.88. The molecule has 29 heavy (non-hydrogen) atoms. The van der Waals surface area contributed by atoms with Crippen LogP contribution in [0.15, 0.2) is 29.2 Å². The maximum Gasteiger partial charge on any atom is 0.244 e. The van der Waals surface area contributed by atoms with Crippen molar-refractivity contribution >= 4 is 15.9 Å². The molecule has 2 aliphatic rings. The van der Waals surface area contributed by atoms with E-state index in [-0.39, 0.29) is 35.7 Å². The first-order chi connectivity index (χ1) is 13.9. The fourth-order valence-electron chi connectivity index (χ4n) is 3.99. The zero-order valence-corrected chi connectivity index (χ0v) is 17.6. The van der Waals surface area contributed by atoms with Gasteiger partial charge in [-0.15, -0.1) is 0 Å². The van der Waals surface area contributed by atoms with Crippen LogP contribution in [0.1, 0.15) is 38.5 Å². The number of piperidine rings is 1. The fraction of sp³-hybridized carbons (Fsp3) is 0.650. The minimum Gasteiger partial charge on any atom is -0.495 e. The van der Waals surface area contributed by atoms with Gasteiger partial charge in [0.15, 0.2) is 0 Å². The number of hydrogen-bond donors (Lipinski definition) is 2. The molecule has 0 aliphatic carbocycles. The van der Waals surface area contributed by atoms with Crippen LogP contribution >= 0.6 is 0 Å². The second-order valence-electron chi connectivity index (χ2n) is 7.58. The van der Waals surface area contributed by atoms with Gasteiger partial charge >= 0.3 is 0 Å². The number of hydrogen-bond acceptors (Lipinski definition) is 6. The molecule has 2 fully saturated rings. The summed E-state index contributed by atoms with van der Waals surface area (Å²) in [5.74, 6) is 0.321. The number of aliphatic hydroxyl groups is 1. The molecule has 2 aliphatic heterocycles. The number of nitrogens with one attached hydrogen (secondary N) is 1. The Hall–Kier alpha value is -1.68. The Kier molecular flexibility index (Phi) is 7.50.